The van der Waals surface area contributed by atoms with Crippen LogP contribution in [0.1, 0.15) is 60.9 Å². The van der Waals surface area contributed by atoms with E-state index in [2.05, 4.69) is 16.7 Å². The number of para-hydroxylation sites is 1. The number of carbonyl (C=O) groups is 3. The van der Waals surface area contributed by atoms with Gasteiger partial charge in [0.05, 0.1) is 6.61 Å². The van der Waals surface area contributed by atoms with Crippen molar-refractivity contribution in [1.29, 1.82) is 0 Å². The van der Waals surface area contributed by atoms with Crippen LogP contribution in [0.25, 0.3) is 0 Å². The second-order valence-electron chi connectivity index (χ2n) is 10.8. The summed E-state index contributed by atoms with van der Waals surface area (Å²) in [5, 5.41) is 6.33. The average molecular weight is 533 g/mol. The van der Waals surface area contributed by atoms with E-state index in [4.69, 9.17) is 4.74 Å². The average Bonchev–Trinajstić information content (AvgIpc) is 2.99. The molecule has 2 aromatic carbocycles. The highest BCUT2D eigenvalue weighted by molar-refractivity contribution is 5.97. The summed E-state index contributed by atoms with van der Waals surface area (Å²) in [6.45, 7) is 4.37. The molecular formula is C31H40N4O4. The van der Waals surface area contributed by atoms with E-state index in [1.54, 1.807) is 0 Å². The number of likely N-dealkylation sites (tertiary alicyclic amines) is 1. The van der Waals surface area contributed by atoms with Gasteiger partial charge in [0, 0.05) is 49.3 Å². The number of carbonyl (C=O) groups excluding carboxylic acids is 3. The minimum atomic E-state index is 0.0230. The lowest BCUT2D eigenvalue weighted by atomic mass is 9.95. The third-order valence-corrected chi connectivity index (χ3v) is 8.20. The number of aryl methyl sites for hydroxylation is 1. The SMILES string of the molecule is O=C(NCCCCOc1ccc(C(=O)N2CCC(N3C(=O)CCc4ccccc43)CC2)cc1)C1CCNCC1. The molecule has 0 spiro atoms. The zero-order valence-corrected chi connectivity index (χ0v) is 22.7. The maximum Gasteiger partial charge on any atom is 0.253 e. The minimum absolute atomic E-state index is 0.0230. The molecule has 208 valence electrons. The van der Waals surface area contributed by atoms with Gasteiger partial charge in [-0.25, -0.2) is 0 Å². The van der Waals surface area contributed by atoms with E-state index >= 15 is 0 Å². The van der Waals surface area contributed by atoms with Crippen LogP contribution in [0.4, 0.5) is 5.69 Å². The van der Waals surface area contributed by atoms with Crippen LogP contribution in [0.5, 0.6) is 5.75 Å². The predicted molar refractivity (Wildman–Crippen MR) is 151 cm³/mol. The molecule has 0 aromatic heterocycles. The first kappa shape index (κ1) is 27.2. The van der Waals surface area contributed by atoms with Crippen molar-refractivity contribution in [3.8, 4) is 5.75 Å². The fraction of sp³-hybridized carbons (Fsp3) is 0.516. The van der Waals surface area contributed by atoms with Crippen molar-refractivity contribution in [2.24, 2.45) is 5.92 Å². The molecule has 39 heavy (non-hydrogen) atoms. The third kappa shape index (κ3) is 6.79. The predicted octanol–water partition coefficient (Wildman–Crippen LogP) is 3.55. The van der Waals surface area contributed by atoms with Crippen molar-refractivity contribution >= 4 is 23.4 Å². The van der Waals surface area contributed by atoms with E-state index in [1.807, 2.05) is 52.3 Å². The Balaban J connectivity index is 1.02. The van der Waals surface area contributed by atoms with Gasteiger partial charge in [0.25, 0.3) is 5.91 Å². The van der Waals surface area contributed by atoms with Crippen LogP contribution in [-0.2, 0) is 16.0 Å². The Kier molecular flexibility index (Phi) is 9.14. The monoisotopic (exact) mass is 532 g/mol. The quantitative estimate of drug-likeness (QED) is 0.482. The summed E-state index contributed by atoms with van der Waals surface area (Å²) >= 11 is 0. The fourth-order valence-corrected chi connectivity index (χ4v) is 5.91. The molecule has 0 unspecified atom stereocenters. The van der Waals surface area contributed by atoms with Crippen LogP contribution in [0.3, 0.4) is 0 Å². The molecular weight excluding hydrogens is 492 g/mol. The summed E-state index contributed by atoms with van der Waals surface area (Å²) < 4.78 is 5.85. The molecule has 0 saturated carbocycles. The van der Waals surface area contributed by atoms with Crippen molar-refractivity contribution in [1.82, 2.24) is 15.5 Å². The smallest absolute Gasteiger partial charge is 0.253 e. The Labute approximate surface area is 231 Å². The number of nitrogens with one attached hydrogen (secondary N) is 2. The van der Waals surface area contributed by atoms with Crippen molar-refractivity contribution in [3.63, 3.8) is 0 Å². The van der Waals surface area contributed by atoms with Gasteiger partial charge in [-0.3, -0.25) is 14.4 Å². The second kappa shape index (κ2) is 13.1. The standard InChI is InChI=1S/C31H40N4O4/c36-29-12-9-23-5-1-2-6-28(23)35(29)26-15-20-34(21-16-26)31(38)25-7-10-27(11-8-25)39-22-4-3-17-33-30(37)24-13-18-32-19-14-24/h1-2,5-8,10-11,24,26,32H,3-4,9,12-22H2,(H,33,37). The van der Waals surface area contributed by atoms with Crippen LogP contribution in [0.2, 0.25) is 0 Å². The Bertz CT molecular complexity index is 1140. The van der Waals surface area contributed by atoms with E-state index in [0.29, 0.717) is 38.2 Å². The normalized spacial score (nSPS) is 18.5. The maximum atomic E-state index is 13.1. The van der Waals surface area contributed by atoms with Gasteiger partial charge in [-0.15, -0.1) is 0 Å². The van der Waals surface area contributed by atoms with Gasteiger partial charge in [-0.1, -0.05) is 18.2 Å². The maximum absolute atomic E-state index is 13.1. The van der Waals surface area contributed by atoms with Crippen LogP contribution in [0.15, 0.2) is 48.5 Å². The zero-order valence-electron chi connectivity index (χ0n) is 22.7. The van der Waals surface area contributed by atoms with E-state index in [9.17, 15) is 14.4 Å². The topological polar surface area (TPSA) is 91.0 Å². The lowest BCUT2D eigenvalue weighted by molar-refractivity contribution is -0.125. The lowest BCUT2D eigenvalue weighted by Crippen LogP contribution is -2.50. The number of unbranched alkanes of at least 4 members (excludes halogenated alkanes) is 1. The first-order valence-electron chi connectivity index (χ1n) is 14.5. The van der Waals surface area contributed by atoms with Gasteiger partial charge in [-0.05, 0) is 93.9 Å². The molecule has 0 radical (unpaired) electrons. The molecule has 8 heteroatoms. The van der Waals surface area contributed by atoms with Gasteiger partial charge in [-0.2, -0.15) is 0 Å². The summed E-state index contributed by atoms with van der Waals surface area (Å²) in [7, 11) is 0. The number of piperidine rings is 2. The molecule has 3 heterocycles. The molecule has 3 aliphatic heterocycles. The molecule has 0 aliphatic carbocycles. The Hall–Kier alpha value is -3.39. The summed E-state index contributed by atoms with van der Waals surface area (Å²) in [6, 6.07) is 15.7. The number of nitrogens with zero attached hydrogens (tertiary/aromatic N) is 2. The molecule has 2 saturated heterocycles. The highest BCUT2D eigenvalue weighted by Crippen LogP contribution is 2.32. The van der Waals surface area contributed by atoms with Crippen molar-refractivity contribution < 1.29 is 19.1 Å². The van der Waals surface area contributed by atoms with Crippen LogP contribution >= 0.6 is 0 Å². The highest BCUT2D eigenvalue weighted by atomic mass is 16.5. The third-order valence-electron chi connectivity index (χ3n) is 8.20. The molecule has 8 nitrogen and oxygen atoms in total. The van der Waals surface area contributed by atoms with E-state index in [-0.39, 0.29) is 29.7 Å². The molecule has 3 amide bonds. The fourth-order valence-electron chi connectivity index (χ4n) is 5.91. The summed E-state index contributed by atoms with van der Waals surface area (Å²) in [5.41, 5.74) is 2.93. The number of benzene rings is 2. The molecule has 2 fully saturated rings. The summed E-state index contributed by atoms with van der Waals surface area (Å²) in [4.78, 5) is 41.9. The van der Waals surface area contributed by atoms with Gasteiger partial charge >= 0.3 is 0 Å². The summed E-state index contributed by atoms with van der Waals surface area (Å²) in [6.07, 6.45) is 6.49. The van der Waals surface area contributed by atoms with Crippen molar-refractivity contribution in [2.75, 3.05) is 44.2 Å². The largest absolute Gasteiger partial charge is 0.494 e. The first-order chi connectivity index (χ1) is 19.1. The van der Waals surface area contributed by atoms with Gasteiger partial charge in [0.1, 0.15) is 5.75 Å². The molecule has 0 bridgehead atoms. The van der Waals surface area contributed by atoms with Crippen LogP contribution in [0, 0.1) is 5.92 Å². The number of amides is 3. The lowest BCUT2D eigenvalue weighted by Gasteiger charge is -2.41. The van der Waals surface area contributed by atoms with Gasteiger partial charge < -0.3 is 25.2 Å². The molecule has 2 N–H and O–H groups in total. The Morgan fingerprint density at radius 1 is 0.923 bits per heavy atom. The van der Waals surface area contributed by atoms with Gasteiger partial charge in [0.2, 0.25) is 11.8 Å². The van der Waals surface area contributed by atoms with E-state index < -0.39 is 0 Å². The number of hydrogen-bond acceptors (Lipinski definition) is 5. The first-order valence-corrected chi connectivity index (χ1v) is 14.5. The molecule has 5 rings (SSSR count). The highest BCUT2D eigenvalue weighted by Gasteiger charge is 2.33. The van der Waals surface area contributed by atoms with Crippen molar-refractivity contribution in [2.45, 2.75) is 57.4 Å². The summed E-state index contributed by atoms with van der Waals surface area (Å²) in [5.74, 6) is 1.27. The molecule has 2 aromatic rings. The zero-order chi connectivity index (χ0) is 27.0. The second-order valence-corrected chi connectivity index (χ2v) is 10.8. The number of fused-ring (bicyclic) bond motifs is 1. The number of hydrogen-bond donors (Lipinski definition) is 2. The number of rotatable bonds is 9. The van der Waals surface area contributed by atoms with Gasteiger partial charge in [0.15, 0.2) is 0 Å². The minimum Gasteiger partial charge on any atom is -0.494 e. The van der Waals surface area contributed by atoms with Crippen LogP contribution < -0.4 is 20.3 Å². The number of ether oxygens (including phenoxy) is 1. The van der Waals surface area contributed by atoms with E-state index in [0.717, 1.165) is 69.5 Å². The molecule has 3 aliphatic rings. The van der Waals surface area contributed by atoms with Crippen LogP contribution in [-0.4, -0.2) is 68.0 Å². The Morgan fingerprint density at radius 3 is 2.44 bits per heavy atom. The molecule has 0 atom stereocenters. The Morgan fingerprint density at radius 2 is 1.67 bits per heavy atom. The van der Waals surface area contributed by atoms with Crippen molar-refractivity contribution in [3.05, 3.63) is 59.7 Å². The number of anilines is 1. The van der Waals surface area contributed by atoms with E-state index in [1.165, 1.54) is 5.56 Å².